The number of nitrogens with zero attached hydrogens (tertiary/aromatic N) is 3. The number of carbonyl (C=O) groups is 1. The van der Waals surface area contributed by atoms with Gasteiger partial charge in [0.05, 0.1) is 17.6 Å². The Morgan fingerprint density at radius 1 is 1.08 bits per heavy atom. The van der Waals surface area contributed by atoms with Crippen LogP contribution in [0.1, 0.15) is 48.3 Å². The quantitative estimate of drug-likeness (QED) is 0.284. The zero-order valence-corrected chi connectivity index (χ0v) is 21.5. The molecule has 188 valence electrons. The molecule has 8 heteroatoms. The Morgan fingerprint density at radius 3 is 2.64 bits per heavy atom. The first kappa shape index (κ1) is 25.2. The number of hydrogen-bond acceptors (Lipinski definition) is 6. The van der Waals surface area contributed by atoms with Gasteiger partial charge in [0.15, 0.2) is 0 Å². The van der Waals surface area contributed by atoms with E-state index in [-0.39, 0.29) is 11.6 Å². The lowest BCUT2D eigenvalue weighted by Gasteiger charge is -2.14. The molecule has 0 atom stereocenters. The van der Waals surface area contributed by atoms with Crippen LogP contribution in [0.15, 0.2) is 54.7 Å². The number of pyridine rings is 1. The lowest BCUT2D eigenvalue weighted by atomic mass is 9.95. The van der Waals surface area contributed by atoms with Gasteiger partial charge >= 0.3 is 0 Å². The second-order valence-electron chi connectivity index (χ2n) is 8.92. The fourth-order valence-corrected chi connectivity index (χ4v) is 4.11. The molecular weight excluding hydrogens is 454 g/mol. The number of aromatic nitrogens is 3. The van der Waals surface area contributed by atoms with E-state index in [1.807, 2.05) is 29.8 Å². The second-order valence-corrected chi connectivity index (χ2v) is 8.92. The first-order valence-corrected chi connectivity index (χ1v) is 12.2. The summed E-state index contributed by atoms with van der Waals surface area (Å²) in [5.41, 5.74) is 5.79. The van der Waals surface area contributed by atoms with Crippen LogP contribution in [0.2, 0.25) is 0 Å². The van der Waals surface area contributed by atoms with E-state index in [4.69, 9.17) is 14.5 Å². The smallest absolute Gasteiger partial charge is 0.270 e. The van der Waals surface area contributed by atoms with Gasteiger partial charge < -0.3 is 24.7 Å². The van der Waals surface area contributed by atoms with Crippen LogP contribution in [0.4, 0.5) is 11.6 Å². The average molecular weight is 488 g/mol. The summed E-state index contributed by atoms with van der Waals surface area (Å²) in [5, 5.41) is 6.23. The van der Waals surface area contributed by atoms with E-state index in [0.717, 1.165) is 29.1 Å². The maximum absolute atomic E-state index is 12.3. The number of amides is 1. The molecule has 1 amide bonds. The summed E-state index contributed by atoms with van der Waals surface area (Å²) >= 11 is 0. The third kappa shape index (κ3) is 5.66. The van der Waals surface area contributed by atoms with Gasteiger partial charge in [-0.05, 0) is 53.8 Å². The highest BCUT2D eigenvalue weighted by Gasteiger charge is 2.13. The van der Waals surface area contributed by atoms with Gasteiger partial charge in [-0.2, -0.15) is 0 Å². The first-order valence-electron chi connectivity index (χ1n) is 12.2. The molecular formula is C28H33N5O3. The molecule has 0 aliphatic carbocycles. The van der Waals surface area contributed by atoms with Gasteiger partial charge in [-0.3, -0.25) is 9.78 Å². The van der Waals surface area contributed by atoms with Crippen molar-refractivity contribution in [3.8, 4) is 11.5 Å². The standard InChI is InChI=1S/C28H33N5O3/c1-6-19-7-8-20(15-23(19)18(2)3)31-28-32-24-16-21(9-10-26(24)33(28)4)36-22-11-12-29-25(17-22)27(34)30-13-14-35-5/h7-12,15-18H,6,13-14H2,1-5H3,(H,30,34)(H,31,32). The fourth-order valence-electron chi connectivity index (χ4n) is 4.11. The van der Waals surface area contributed by atoms with Gasteiger partial charge in [0.25, 0.3) is 5.91 Å². The highest BCUT2D eigenvalue weighted by Crippen LogP contribution is 2.30. The summed E-state index contributed by atoms with van der Waals surface area (Å²) in [7, 11) is 3.57. The summed E-state index contributed by atoms with van der Waals surface area (Å²) in [6, 6.07) is 15.6. The number of fused-ring (bicyclic) bond motifs is 1. The van der Waals surface area contributed by atoms with E-state index >= 15 is 0 Å². The van der Waals surface area contributed by atoms with Crippen molar-refractivity contribution in [1.29, 1.82) is 0 Å². The van der Waals surface area contributed by atoms with Crippen molar-refractivity contribution in [3.05, 3.63) is 71.5 Å². The molecule has 0 bridgehead atoms. The average Bonchev–Trinajstić information content (AvgIpc) is 3.18. The lowest BCUT2D eigenvalue weighted by Crippen LogP contribution is -2.27. The van der Waals surface area contributed by atoms with Crippen molar-refractivity contribution in [1.82, 2.24) is 19.9 Å². The van der Waals surface area contributed by atoms with Gasteiger partial charge in [-0.15, -0.1) is 0 Å². The molecule has 0 aliphatic heterocycles. The van der Waals surface area contributed by atoms with E-state index in [9.17, 15) is 4.79 Å². The van der Waals surface area contributed by atoms with Gasteiger partial charge in [0, 0.05) is 44.7 Å². The van der Waals surface area contributed by atoms with E-state index in [1.165, 1.54) is 11.1 Å². The molecule has 0 saturated carbocycles. The zero-order chi connectivity index (χ0) is 25.7. The summed E-state index contributed by atoms with van der Waals surface area (Å²) < 4.78 is 13.0. The van der Waals surface area contributed by atoms with Crippen molar-refractivity contribution in [2.24, 2.45) is 7.05 Å². The predicted octanol–water partition coefficient (Wildman–Crippen LogP) is 5.57. The number of aryl methyl sites for hydroxylation is 2. The molecule has 2 aromatic carbocycles. The fraction of sp³-hybridized carbons (Fsp3) is 0.321. The third-order valence-corrected chi connectivity index (χ3v) is 6.05. The zero-order valence-electron chi connectivity index (χ0n) is 21.5. The topological polar surface area (TPSA) is 90.3 Å². The molecule has 0 spiro atoms. The van der Waals surface area contributed by atoms with Crippen molar-refractivity contribution in [2.45, 2.75) is 33.1 Å². The molecule has 0 saturated heterocycles. The SMILES string of the molecule is CCc1ccc(Nc2nc3cc(Oc4ccnc(C(=O)NCCOC)c4)ccc3n2C)cc1C(C)C. The van der Waals surface area contributed by atoms with Gasteiger partial charge in [-0.25, -0.2) is 4.98 Å². The molecule has 0 radical (unpaired) electrons. The van der Waals surface area contributed by atoms with Crippen molar-refractivity contribution in [3.63, 3.8) is 0 Å². The van der Waals surface area contributed by atoms with Crippen LogP contribution in [0.5, 0.6) is 11.5 Å². The Balaban J connectivity index is 1.53. The molecule has 8 nitrogen and oxygen atoms in total. The molecule has 0 unspecified atom stereocenters. The van der Waals surface area contributed by atoms with Crippen LogP contribution < -0.4 is 15.4 Å². The van der Waals surface area contributed by atoms with Crippen LogP contribution in [0.25, 0.3) is 11.0 Å². The Bertz CT molecular complexity index is 1360. The second kappa shape index (κ2) is 11.2. The largest absolute Gasteiger partial charge is 0.457 e. The number of ether oxygens (including phenoxy) is 2. The Hall–Kier alpha value is -3.91. The summed E-state index contributed by atoms with van der Waals surface area (Å²) in [4.78, 5) is 21.2. The molecule has 2 heterocycles. The summed E-state index contributed by atoms with van der Waals surface area (Å²) in [5.74, 6) is 2.07. The van der Waals surface area contributed by atoms with E-state index in [1.54, 1.807) is 25.4 Å². The van der Waals surface area contributed by atoms with Crippen molar-refractivity contribution >= 4 is 28.6 Å². The number of hydrogen-bond donors (Lipinski definition) is 2. The Morgan fingerprint density at radius 2 is 1.89 bits per heavy atom. The minimum absolute atomic E-state index is 0.277. The van der Waals surface area contributed by atoms with Gasteiger partial charge in [0.1, 0.15) is 17.2 Å². The van der Waals surface area contributed by atoms with Crippen LogP contribution in [0.3, 0.4) is 0 Å². The minimum atomic E-state index is -0.277. The number of methoxy groups -OCH3 is 1. The maximum atomic E-state index is 12.3. The number of carbonyl (C=O) groups excluding carboxylic acids is 1. The molecule has 0 fully saturated rings. The first-order chi connectivity index (χ1) is 17.4. The lowest BCUT2D eigenvalue weighted by molar-refractivity contribution is 0.0932. The minimum Gasteiger partial charge on any atom is -0.457 e. The maximum Gasteiger partial charge on any atom is 0.270 e. The number of rotatable bonds is 10. The molecule has 0 aliphatic rings. The summed E-state index contributed by atoms with van der Waals surface area (Å²) in [6.45, 7) is 7.47. The number of nitrogens with one attached hydrogen (secondary N) is 2. The van der Waals surface area contributed by atoms with Crippen molar-refractivity contribution in [2.75, 3.05) is 25.6 Å². The molecule has 2 aromatic heterocycles. The predicted molar refractivity (Wildman–Crippen MR) is 142 cm³/mol. The monoisotopic (exact) mass is 487 g/mol. The van der Waals surface area contributed by atoms with Gasteiger partial charge in [0.2, 0.25) is 5.95 Å². The number of benzene rings is 2. The van der Waals surface area contributed by atoms with E-state index in [0.29, 0.717) is 30.6 Å². The molecule has 4 aromatic rings. The van der Waals surface area contributed by atoms with E-state index < -0.39 is 0 Å². The van der Waals surface area contributed by atoms with Gasteiger partial charge in [-0.1, -0.05) is 26.8 Å². The number of anilines is 2. The highest BCUT2D eigenvalue weighted by molar-refractivity contribution is 5.92. The van der Waals surface area contributed by atoms with Crippen LogP contribution in [0, 0.1) is 0 Å². The van der Waals surface area contributed by atoms with E-state index in [2.05, 4.69) is 54.6 Å². The molecule has 36 heavy (non-hydrogen) atoms. The van der Waals surface area contributed by atoms with Crippen LogP contribution >= 0.6 is 0 Å². The van der Waals surface area contributed by atoms with Crippen molar-refractivity contribution < 1.29 is 14.3 Å². The van der Waals surface area contributed by atoms with Crippen LogP contribution in [-0.2, 0) is 18.2 Å². The highest BCUT2D eigenvalue weighted by atomic mass is 16.5. The summed E-state index contributed by atoms with van der Waals surface area (Å²) in [6.07, 6.45) is 2.57. The Labute approximate surface area is 211 Å². The molecule has 4 rings (SSSR count). The third-order valence-electron chi connectivity index (χ3n) is 6.05. The Kier molecular flexibility index (Phi) is 7.85. The number of imidazole rings is 1. The van der Waals surface area contributed by atoms with Crippen LogP contribution in [-0.4, -0.2) is 40.7 Å². The normalized spacial score (nSPS) is 11.2. The molecule has 2 N–H and O–H groups in total.